The molecule has 1 aliphatic heterocycles. The van der Waals surface area contributed by atoms with Gasteiger partial charge in [-0.2, -0.15) is 4.98 Å². The van der Waals surface area contributed by atoms with Crippen LogP contribution in [0.4, 0.5) is 23.1 Å². The normalized spacial score (nSPS) is 14.5. The molecule has 2 N–H and O–H groups in total. The summed E-state index contributed by atoms with van der Waals surface area (Å²) in [5.41, 5.74) is 2.91. The summed E-state index contributed by atoms with van der Waals surface area (Å²) in [5.74, 6) is 1.34. The lowest BCUT2D eigenvalue weighted by Crippen LogP contribution is -2.39. The molecule has 1 aromatic heterocycles. The van der Waals surface area contributed by atoms with Gasteiger partial charge in [0, 0.05) is 45.9 Å². The zero-order valence-electron chi connectivity index (χ0n) is 17.4. The average molecular weight is 464 g/mol. The van der Waals surface area contributed by atoms with E-state index in [4.69, 9.17) is 28.2 Å². The van der Waals surface area contributed by atoms with Gasteiger partial charge < -0.3 is 15.5 Å². The van der Waals surface area contributed by atoms with Crippen molar-refractivity contribution in [2.75, 3.05) is 28.6 Å². The molecule has 32 heavy (non-hydrogen) atoms. The molecule has 1 aliphatic rings. The van der Waals surface area contributed by atoms with E-state index in [1.807, 2.05) is 18.2 Å². The zero-order chi connectivity index (χ0) is 21.9. The summed E-state index contributed by atoms with van der Waals surface area (Å²) in [7, 11) is 0. The van der Waals surface area contributed by atoms with Crippen LogP contribution in [0.1, 0.15) is 12.8 Å². The van der Waals surface area contributed by atoms with E-state index >= 15 is 0 Å². The van der Waals surface area contributed by atoms with E-state index < -0.39 is 0 Å². The Bertz CT molecular complexity index is 1200. The van der Waals surface area contributed by atoms with Gasteiger partial charge in [-0.15, -0.1) is 0 Å². The van der Waals surface area contributed by atoms with Crippen molar-refractivity contribution >= 4 is 57.2 Å². The molecule has 4 aromatic rings. The minimum atomic E-state index is 0.349. The van der Waals surface area contributed by atoms with Crippen LogP contribution in [0.2, 0.25) is 10.0 Å². The van der Waals surface area contributed by atoms with E-state index in [1.54, 1.807) is 18.2 Å². The summed E-state index contributed by atoms with van der Waals surface area (Å²) in [4.78, 5) is 11.9. The van der Waals surface area contributed by atoms with E-state index in [1.165, 1.54) is 5.69 Å². The van der Waals surface area contributed by atoms with Gasteiger partial charge in [0.05, 0.1) is 5.52 Å². The second-order valence-electron chi connectivity index (χ2n) is 7.94. The molecule has 0 spiro atoms. The zero-order valence-corrected chi connectivity index (χ0v) is 18.9. The number of benzene rings is 3. The minimum Gasteiger partial charge on any atom is -0.371 e. The average Bonchev–Trinajstić information content (AvgIpc) is 2.79. The topological polar surface area (TPSA) is 53.1 Å². The van der Waals surface area contributed by atoms with Crippen molar-refractivity contribution in [3.8, 4) is 0 Å². The predicted molar refractivity (Wildman–Crippen MR) is 135 cm³/mol. The number of fused-ring (bicyclic) bond motifs is 1. The first-order chi connectivity index (χ1) is 15.6. The maximum Gasteiger partial charge on any atom is 0.229 e. The second kappa shape index (κ2) is 9.23. The molecule has 0 saturated carbocycles. The van der Waals surface area contributed by atoms with Crippen molar-refractivity contribution in [3.05, 3.63) is 82.8 Å². The van der Waals surface area contributed by atoms with Crippen molar-refractivity contribution in [1.29, 1.82) is 0 Å². The number of nitrogens with one attached hydrogen (secondary N) is 2. The van der Waals surface area contributed by atoms with E-state index in [0.717, 1.165) is 48.3 Å². The largest absolute Gasteiger partial charge is 0.371 e. The summed E-state index contributed by atoms with van der Waals surface area (Å²) >= 11 is 12.3. The Morgan fingerprint density at radius 3 is 2.25 bits per heavy atom. The fraction of sp³-hybridized carbons (Fsp3) is 0.200. The molecule has 162 valence electrons. The van der Waals surface area contributed by atoms with Crippen LogP contribution in [0.15, 0.2) is 72.8 Å². The number of anilines is 4. The first-order valence-corrected chi connectivity index (χ1v) is 11.5. The van der Waals surface area contributed by atoms with Gasteiger partial charge in [0.2, 0.25) is 5.95 Å². The third-order valence-electron chi connectivity index (χ3n) is 5.68. The van der Waals surface area contributed by atoms with Crippen LogP contribution in [0.25, 0.3) is 10.9 Å². The quantitative estimate of drug-likeness (QED) is 0.342. The van der Waals surface area contributed by atoms with Crippen LogP contribution < -0.4 is 15.5 Å². The highest BCUT2D eigenvalue weighted by Gasteiger charge is 2.21. The van der Waals surface area contributed by atoms with Crippen LogP contribution in [0.5, 0.6) is 0 Å². The van der Waals surface area contributed by atoms with Gasteiger partial charge in [0.15, 0.2) is 0 Å². The Balaban J connectivity index is 1.36. The number of halogens is 2. The summed E-state index contributed by atoms with van der Waals surface area (Å²) in [6.07, 6.45) is 2.08. The van der Waals surface area contributed by atoms with Gasteiger partial charge in [-0.3, -0.25) is 0 Å². The van der Waals surface area contributed by atoms with E-state index in [9.17, 15) is 0 Å². The second-order valence-corrected chi connectivity index (χ2v) is 8.81. The Morgan fingerprint density at radius 2 is 1.50 bits per heavy atom. The fourth-order valence-corrected chi connectivity index (χ4v) is 4.64. The van der Waals surface area contributed by atoms with Gasteiger partial charge in [-0.05, 0) is 55.3 Å². The molecule has 7 heteroatoms. The van der Waals surface area contributed by atoms with E-state index in [2.05, 4.69) is 56.9 Å². The van der Waals surface area contributed by atoms with Crippen LogP contribution in [0.3, 0.4) is 0 Å². The van der Waals surface area contributed by atoms with Crippen LogP contribution in [-0.4, -0.2) is 29.1 Å². The monoisotopic (exact) mass is 463 g/mol. The SMILES string of the molecule is Clc1cc(Cl)cc(Nc2nc(NC3CCN(c4ccccc4)CC3)c3ccccc3n2)c1. The molecule has 0 radical (unpaired) electrons. The fourth-order valence-electron chi connectivity index (χ4n) is 4.11. The lowest BCUT2D eigenvalue weighted by molar-refractivity contribution is 0.526. The summed E-state index contributed by atoms with van der Waals surface area (Å²) in [6, 6.07) is 24.3. The number of para-hydroxylation sites is 2. The summed E-state index contributed by atoms with van der Waals surface area (Å²) in [5, 5.41) is 9.05. The van der Waals surface area contributed by atoms with Crippen LogP contribution in [0, 0.1) is 0 Å². The summed E-state index contributed by atoms with van der Waals surface area (Å²) < 4.78 is 0. The highest BCUT2D eigenvalue weighted by atomic mass is 35.5. The van der Waals surface area contributed by atoms with Gasteiger partial charge >= 0.3 is 0 Å². The number of aromatic nitrogens is 2. The molecule has 1 saturated heterocycles. The maximum atomic E-state index is 6.15. The number of nitrogens with zero attached hydrogens (tertiary/aromatic N) is 3. The summed E-state index contributed by atoms with van der Waals surface area (Å²) in [6.45, 7) is 2.02. The smallest absolute Gasteiger partial charge is 0.229 e. The molecule has 5 rings (SSSR count). The minimum absolute atomic E-state index is 0.349. The lowest BCUT2D eigenvalue weighted by Gasteiger charge is -2.34. The van der Waals surface area contributed by atoms with E-state index in [0.29, 0.717) is 22.0 Å². The number of piperidine rings is 1. The molecule has 3 aromatic carbocycles. The Kier molecular flexibility index (Phi) is 6.02. The van der Waals surface area contributed by atoms with Crippen molar-refractivity contribution in [1.82, 2.24) is 9.97 Å². The molecule has 0 atom stereocenters. The Morgan fingerprint density at radius 1 is 0.812 bits per heavy atom. The molecule has 0 amide bonds. The van der Waals surface area contributed by atoms with E-state index in [-0.39, 0.29) is 0 Å². The highest BCUT2D eigenvalue weighted by Crippen LogP contribution is 2.28. The van der Waals surface area contributed by atoms with Crippen molar-refractivity contribution in [3.63, 3.8) is 0 Å². The Hall–Kier alpha value is -3.02. The van der Waals surface area contributed by atoms with Crippen molar-refractivity contribution in [2.24, 2.45) is 0 Å². The number of rotatable bonds is 5. The van der Waals surface area contributed by atoms with Gasteiger partial charge in [-0.1, -0.05) is 53.5 Å². The van der Waals surface area contributed by atoms with Crippen LogP contribution in [-0.2, 0) is 0 Å². The molecule has 5 nitrogen and oxygen atoms in total. The predicted octanol–water partition coefficient (Wildman–Crippen LogP) is 6.76. The third-order valence-corrected chi connectivity index (χ3v) is 6.12. The molecule has 0 bridgehead atoms. The highest BCUT2D eigenvalue weighted by molar-refractivity contribution is 6.35. The van der Waals surface area contributed by atoms with Gasteiger partial charge in [-0.25, -0.2) is 4.98 Å². The van der Waals surface area contributed by atoms with Gasteiger partial charge in [0.1, 0.15) is 5.82 Å². The van der Waals surface area contributed by atoms with Gasteiger partial charge in [0.25, 0.3) is 0 Å². The molecule has 1 fully saturated rings. The molecule has 2 heterocycles. The van der Waals surface area contributed by atoms with Crippen molar-refractivity contribution < 1.29 is 0 Å². The Labute approximate surface area is 197 Å². The number of hydrogen-bond acceptors (Lipinski definition) is 5. The molecule has 0 aliphatic carbocycles. The molecular weight excluding hydrogens is 441 g/mol. The lowest BCUT2D eigenvalue weighted by atomic mass is 10.0. The third kappa shape index (κ3) is 4.74. The molecule has 0 unspecified atom stereocenters. The standard InChI is InChI=1S/C25H23Cl2N5/c26-17-14-18(27)16-20(15-17)29-25-30-23-9-5-4-8-22(23)24(31-25)28-19-10-12-32(13-11-19)21-6-2-1-3-7-21/h1-9,14-16,19H,10-13H2,(H2,28,29,30,31). The van der Waals surface area contributed by atoms with Crippen molar-refractivity contribution in [2.45, 2.75) is 18.9 Å². The maximum absolute atomic E-state index is 6.15. The van der Waals surface area contributed by atoms with Crippen LogP contribution >= 0.6 is 23.2 Å². The first kappa shape index (κ1) is 20.9. The first-order valence-electron chi connectivity index (χ1n) is 10.7. The number of hydrogen-bond donors (Lipinski definition) is 2. The molecular formula is C25H23Cl2N5.